The van der Waals surface area contributed by atoms with Gasteiger partial charge in [-0.1, -0.05) is 11.6 Å². The van der Waals surface area contributed by atoms with E-state index in [1.54, 1.807) is 36.8 Å². The topological polar surface area (TPSA) is 149 Å². The van der Waals surface area contributed by atoms with Gasteiger partial charge in [0.15, 0.2) is 0 Å². The highest BCUT2D eigenvalue weighted by atomic mass is 16.6. The first-order valence-corrected chi connectivity index (χ1v) is 11.8. The summed E-state index contributed by atoms with van der Waals surface area (Å²) in [4.78, 5) is 37.7. The van der Waals surface area contributed by atoms with Gasteiger partial charge in [0, 0.05) is 26.6 Å². The van der Waals surface area contributed by atoms with Crippen LogP contribution < -0.4 is 4.74 Å². The van der Waals surface area contributed by atoms with Crippen LogP contribution in [0, 0.1) is 18.8 Å². The summed E-state index contributed by atoms with van der Waals surface area (Å²) in [6, 6.07) is 0. The van der Waals surface area contributed by atoms with Gasteiger partial charge in [0.05, 0.1) is 6.20 Å². The Morgan fingerprint density at radius 3 is 2.80 bits per heavy atom. The van der Waals surface area contributed by atoms with Gasteiger partial charge in [0.2, 0.25) is 11.7 Å². The van der Waals surface area contributed by atoms with Crippen molar-refractivity contribution in [1.29, 1.82) is 0 Å². The molecule has 0 N–H and O–H groups in total. The molecule has 1 amide bonds. The van der Waals surface area contributed by atoms with E-state index in [-0.39, 0.29) is 30.5 Å². The van der Waals surface area contributed by atoms with Crippen LogP contribution >= 0.6 is 0 Å². The lowest BCUT2D eigenvalue weighted by Gasteiger charge is -2.29. The van der Waals surface area contributed by atoms with E-state index in [0.717, 1.165) is 19.1 Å². The van der Waals surface area contributed by atoms with Gasteiger partial charge in [-0.15, -0.1) is 5.10 Å². The van der Waals surface area contributed by atoms with E-state index in [1.807, 2.05) is 0 Å². The standard InChI is InChI=1S/C23H30N8O4/c1-14-22(35-17-8-7-16(9-17)20(32)11-26-24)25-10-18(27-14)21-19(31(3)29-28-21)13-34-23(33)30(2)12-15-5-4-6-15/h10-11,15-17H,4-9,12-13H2,1-3H3/t16-,17-/m0/s1. The number of ether oxygens (including phenoxy) is 2. The van der Waals surface area contributed by atoms with Crippen molar-refractivity contribution in [2.24, 2.45) is 18.9 Å². The summed E-state index contributed by atoms with van der Waals surface area (Å²) in [5.41, 5.74) is 10.7. The molecule has 186 valence electrons. The number of rotatable bonds is 9. The van der Waals surface area contributed by atoms with Crippen LogP contribution in [0.15, 0.2) is 6.20 Å². The fourth-order valence-electron chi connectivity index (χ4n) is 4.44. The van der Waals surface area contributed by atoms with E-state index in [9.17, 15) is 9.59 Å². The molecule has 35 heavy (non-hydrogen) atoms. The van der Waals surface area contributed by atoms with E-state index < -0.39 is 0 Å². The quantitative estimate of drug-likeness (QED) is 0.300. The minimum absolute atomic E-state index is 0.0142. The highest BCUT2D eigenvalue weighted by Gasteiger charge is 2.32. The SMILES string of the molecule is Cc1nc(-c2nnn(C)c2COC(=O)N(C)CC2CCC2)cnc1O[C@H]1CC[C@H](C(=O)C=[N+]=[N-])C1. The van der Waals surface area contributed by atoms with Gasteiger partial charge < -0.3 is 19.9 Å². The number of Topliss-reactive ketones (excluding diaryl/α,β-unsaturated/α-hetero) is 1. The molecule has 2 saturated carbocycles. The van der Waals surface area contributed by atoms with Gasteiger partial charge in [0.1, 0.15) is 35.5 Å². The zero-order chi connectivity index (χ0) is 24.9. The normalized spacial score (nSPS) is 19.5. The summed E-state index contributed by atoms with van der Waals surface area (Å²) in [6.45, 7) is 2.50. The maximum atomic E-state index is 12.4. The number of ketones is 1. The van der Waals surface area contributed by atoms with E-state index in [1.165, 1.54) is 6.42 Å². The molecule has 2 aromatic rings. The summed E-state index contributed by atoms with van der Waals surface area (Å²) in [5, 5.41) is 8.26. The first-order chi connectivity index (χ1) is 16.9. The highest BCUT2D eigenvalue weighted by molar-refractivity contribution is 6.26. The molecule has 2 atom stereocenters. The fraction of sp³-hybridized carbons (Fsp3) is 0.609. The number of carbonyl (C=O) groups is 2. The third kappa shape index (κ3) is 5.71. The Morgan fingerprint density at radius 1 is 1.31 bits per heavy atom. The fourth-order valence-corrected chi connectivity index (χ4v) is 4.44. The van der Waals surface area contributed by atoms with Gasteiger partial charge in [-0.3, -0.25) is 4.79 Å². The monoisotopic (exact) mass is 482 g/mol. The van der Waals surface area contributed by atoms with Crippen LogP contribution in [0.1, 0.15) is 49.9 Å². The van der Waals surface area contributed by atoms with Crippen molar-refractivity contribution in [1.82, 2.24) is 29.9 Å². The average Bonchev–Trinajstić information content (AvgIpc) is 3.42. The van der Waals surface area contributed by atoms with Crippen LogP contribution in [0.2, 0.25) is 0 Å². The number of aromatic nitrogens is 5. The molecule has 4 rings (SSSR count). The summed E-state index contributed by atoms with van der Waals surface area (Å²) >= 11 is 0. The Hall–Kier alpha value is -3.66. The first kappa shape index (κ1) is 24.5. The maximum absolute atomic E-state index is 12.4. The van der Waals surface area contributed by atoms with Crippen LogP contribution in [-0.4, -0.2) is 72.4 Å². The number of nitrogens with zero attached hydrogens (tertiary/aromatic N) is 8. The smallest absolute Gasteiger partial charge is 0.409 e. The number of carbonyl (C=O) groups excluding carboxylic acids is 2. The molecule has 2 fully saturated rings. The molecule has 12 nitrogen and oxygen atoms in total. The Morgan fingerprint density at radius 2 is 2.11 bits per heavy atom. The molecule has 0 radical (unpaired) electrons. The first-order valence-electron chi connectivity index (χ1n) is 11.8. The molecule has 2 aromatic heterocycles. The molecule has 0 saturated heterocycles. The molecule has 0 bridgehead atoms. The molecule has 0 aliphatic heterocycles. The van der Waals surface area contributed by atoms with Crippen molar-refractivity contribution in [3.05, 3.63) is 23.1 Å². The Kier molecular flexibility index (Phi) is 7.50. The minimum Gasteiger partial charge on any atom is -0.473 e. The predicted molar refractivity (Wildman–Crippen MR) is 123 cm³/mol. The minimum atomic E-state index is -0.381. The number of aryl methyl sites for hydroxylation is 2. The van der Waals surface area contributed by atoms with Crippen molar-refractivity contribution in [3.63, 3.8) is 0 Å². The molecule has 2 aliphatic rings. The molecule has 2 aliphatic carbocycles. The number of hydrogen-bond donors (Lipinski definition) is 0. The number of hydrogen-bond acceptors (Lipinski definition) is 8. The molecule has 2 heterocycles. The molecule has 0 aromatic carbocycles. The summed E-state index contributed by atoms with van der Waals surface area (Å²) in [7, 11) is 3.48. The van der Waals surface area contributed by atoms with Crippen molar-refractivity contribution in [2.75, 3.05) is 13.6 Å². The van der Waals surface area contributed by atoms with Crippen molar-refractivity contribution in [2.45, 2.75) is 58.2 Å². The molecular formula is C23H30N8O4. The molecule has 0 spiro atoms. The van der Waals surface area contributed by atoms with E-state index in [4.69, 9.17) is 15.0 Å². The molecule has 0 unspecified atom stereocenters. The lowest BCUT2D eigenvalue weighted by molar-refractivity contribution is -0.119. The van der Waals surface area contributed by atoms with E-state index >= 15 is 0 Å². The maximum Gasteiger partial charge on any atom is 0.409 e. The van der Waals surface area contributed by atoms with Gasteiger partial charge >= 0.3 is 12.3 Å². The number of amides is 1. The second-order valence-electron chi connectivity index (χ2n) is 9.28. The lowest BCUT2D eigenvalue weighted by Crippen LogP contribution is -2.34. The second kappa shape index (κ2) is 10.7. The Labute approximate surface area is 203 Å². The van der Waals surface area contributed by atoms with Gasteiger partial charge in [-0.2, -0.15) is 4.79 Å². The summed E-state index contributed by atoms with van der Waals surface area (Å²) in [6.07, 6.45) is 7.38. The average molecular weight is 483 g/mol. The van der Waals surface area contributed by atoms with Crippen LogP contribution in [0.5, 0.6) is 5.88 Å². The van der Waals surface area contributed by atoms with Crippen molar-refractivity contribution < 1.29 is 23.9 Å². The molecular weight excluding hydrogens is 452 g/mol. The van der Waals surface area contributed by atoms with Crippen LogP contribution in [0.25, 0.3) is 16.9 Å². The lowest BCUT2D eigenvalue weighted by atomic mass is 9.85. The zero-order valence-electron chi connectivity index (χ0n) is 20.3. The highest BCUT2D eigenvalue weighted by Crippen LogP contribution is 2.31. The largest absolute Gasteiger partial charge is 0.473 e. The second-order valence-corrected chi connectivity index (χ2v) is 9.28. The Bertz CT molecular complexity index is 1140. The van der Waals surface area contributed by atoms with Gasteiger partial charge in [-0.25, -0.2) is 19.4 Å². The summed E-state index contributed by atoms with van der Waals surface area (Å²) in [5.74, 6) is 0.519. The predicted octanol–water partition coefficient (Wildman–Crippen LogP) is 2.37. The van der Waals surface area contributed by atoms with E-state index in [2.05, 4.69) is 25.1 Å². The van der Waals surface area contributed by atoms with Crippen LogP contribution in [0.3, 0.4) is 0 Å². The van der Waals surface area contributed by atoms with E-state index in [0.29, 0.717) is 60.4 Å². The third-order valence-corrected chi connectivity index (χ3v) is 6.74. The van der Waals surface area contributed by atoms with Crippen molar-refractivity contribution >= 4 is 18.1 Å². The summed E-state index contributed by atoms with van der Waals surface area (Å²) < 4.78 is 13.1. The van der Waals surface area contributed by atoms with Crippen LogP contribution in [-0.2, 0) is 23.2 Å². The van der Waals surface area contributed by atoms with Gasteiger partial charge in [-0.05, 0) is 44.9 Å². The van der Waals surface area contributed by atoms with Crippen LogP contribution in [0.4, 0.5) is 4.79 Å². The van der Waals surface area contributed by atoms with Gasteiger partial charge in [0.25, 0.3) is 0 Å². The zero-order valence-corrected chi connectivity index (χ0v) is 20.3. The Balaban J connectivity index is 1.39. The molecule has 12 heteroatoms. The third-order valence-electron chi connectivity index (χ3n) is 6.74. The van der Waals surface area contributed by atoms with Crippen molar-refractivity contribution in [3.8, 4) is 17.3 Å².